The fraction of sp³-hybridized carbons (Fsp3) is 0.500. The summed E-state index contributed by atoms with van der Waals surface area (Å²) in [4.78, 5) is 28.6. The highest BCUT2D eigenvalue weighted by Gasteiger charge is 2.34. The first kappa shape index (κ1) is 18.7. The molecule has 6 nitrogen and oxygen atoms in total. The minimum absolute atomic E-state index is 0.00879. The number of carbonyl (C=O) groups is 1. The largest absolute Gasteiger partial charge is 0.491 e. The fourth-order valence-electron chi connectivity index (χ4n) is 3.83. The van der Waals surface area contributed by atoms with E-state index in [0.29, 0.717) is 18.0 Å². The zero-order chi connectivity index (χ0) is 20.2. The zero-order valence-corrected chi connectivity index (χ0v) is 16.8. The maximum Gasteiger partial charge on any atom is 0.341 e. The SMILES string of the molecule is Cc1nc2c(cc1OCC1CC1)CC(C(C)(C)C)n1cc(C(=O)O)c(=O)cc1-2. The maximum atomic E-state index is 12.4. The number of hydrogen-bond acceptors (Lipinski definition) is 4. The maximum absolute atomic E-state index is 12.4. The molecule has 1 unspecified atom stereocenters. The molecule has 1 aliphatic carbocycles. The number of fused-ring (bicyclic) bond motifs is 3. The number of hydrogen-bond donors (Lipinski definition) is 1. The lowest BCUT2D eigenvalue weighted by atomic mass is 9.79. The van der Waals surface area contributed by atoms with Crippen LogP contribution in [0.3, 0.4) is 0 Å². The average Bonchev–Trinajstić information content (AvgIpc) is 3.42. The molecule has 2 aromatic rings. The Labute approximate surface area is 164 Å². The van der Waals surface area contributed by atoms with E-state index in [1.807, 2.05) is 11.5 Å². The Hall–Kier alpha value is -2.63. The van der Waals surface area contributed by atoms with Gasteiger partial charge in [0.1, 0.15) is 11.3 Å². The summed E-state index contributed by atoms with van der Waals surface area (Å²) in [6, 6.07) is 3.48. The van der Waals surface area contributed by atoms with Crippen LogP contribution in [-0.4, -0.2) is 27.2 Å². The summed E-state index contributed by atoms with van der Waals surface area (Å²) >= 11 is 0. The van der Waals surface area contributed by atoms with Crippen molar-refractivity contribution in [2.75, 3.05) is 6.61 Å². The molecule has 1 fully saturated rings. The number of aromatic carboxylic acids is 1. The van der Waals surface area contributed by atoms with Crippen molar-refractivity contribution in [3.05, 3.63) is 45.4 Å². The monoisotopic (exact) mass is 382 g/mol. The van der Waals surface area contributed by atoms with Crippen molar-refractivity contribution in [1.82, 2.24) is 9.55 Å². The van der Waals surface area contributed by atoms with Gasteiger partial charge in [0, 0.05) is 18.3 Å². The van der Waals surface area contributed by atoms with Crippen LogP contribution in [0.5, 0.6) is 5.75 Å². The molecule has 28 heavy (non-hydrogen) atoms. The van der Waals surface area contributed by atoms with E-state index in [1.165, 1.54) is 25.1 Å². The molecule has 0 aromatic carbocycles. The average molecular weight is 382 g/mol. The fourth-order valence-corrected chi connectivity index (χ4v) is 3.83. The number of nitrogens with zero attached hydrogens (tertiary/aromatic N) is 2. The Bertz CT molecular complexity index is 1010. The zero-order valence-electron chi connectivity index (χ0n) is 16.8. The number of aryl methyl sites for hydroxylation is 1. The first-order valence-electron chi connectivity index (χ1n) is 9.78. The minimum atomic E-state index is -1.20. The predicted octanol–water partition coefficient (Wildman–Crippen LogP) is 3.85. The molecular formula is C22H26N2O4. The van der Waals surface area contributed by atoms with Crippen LogP contribution in [0.1, 0.15) is 61.3 Å². The van der Waals surface area contributed by atoms with E-state index in [0.717, 1.165) is 29.3 Å². The van der Waals surface area contributed by atoms with Crippen molar-refractivity contribution in [1.29, 1.82) is 0 Å². The first-order valence-corrected chi connectivity index (χ1v) is 9.78. The highest BCUT2D eigenvalue weighted by atomic mass is 16.5. The summed E-state index contributed by atoms with van der Waals surface area (Å²) in [6.45, 7) is 9.00. The van der Waals surface area contributed by atoms with Gasteiger partial charge < -0.3 is 14.4 Å². The van der Waals surface area contributed by atoms with Gasteiger partial charge in [0.15, 0.2) is 5.43 Å². The predicted molar refractivity (Wildman–Crippen MR) is 106 cm³/mol. The van der Waals surface area contributed by atoms with E-state index in [1.54, 1.807) is 0 Å². The van der Waals surface area contributed by atoms with Crippen LogP contribution in [0.2, 0.25) is 0 Å². The van der Waals surface area contributed by atoms with Crippen molar-refractivity contribution in [3.8, 4) is 17.1 Å². The number of aromatic nitrogens is 2. The van der Waals surface area contributed by atoms with E-state index >= 15 is 0 Å². The third-order valence-corrected chi connectivity index (χ3v) is 5.72. The summed E-state index contributed by atoms with van der Waals surface area (Å²) in [5, 5.41) is 9.40. The molecule has 2 aromatic heterocycles. The molecule has 2 aliphatic rings. The molecule has 4 rings (SSSR count). The van der Waals surface area contributed by atoms with Crippen molar-refractivity contribution in [3.63, 3.8) is 0 Å². The van der Waals surface area contributed by atoms with Gasteiger partial charge in [-0.15, -0.1) is 0 Å². The molecule has 0 saturated heterocycles. The number of carboxylic acid groups (broad SMARTS) is 1. The molecule has 0 bridgehead atoms. The third kappa shape index (κ3) is 3.32. The smallest absolute Gasteiger partial charge is 0.341 e. The molecule has 0 radical (unpaired) electrons. The van der Waals surface area contributed by atoms with Crippen molar-refractivity contribution >= 4 is 5.97 Å². The van der Waals surface area contributed by atoms with Gasteiger partial charge >= 0.3 is 5.97 Å². The summed E-state index contributed by atoms with van der Waals surface area (Å²) in [5.74, 6) is 0.259. The van der Waals surface area contributed by atoms with Crippen LogP contribution in [0.4, 0.5) is 0 Å². The summed E-state index contributed by atoms with van der Waals surface area (Å²) < 4.78 is 7.92. The number of pyridine rings is 2. The number of carboxylic acids is 1. The molecule has 6 heteroatoms. The lowest BCUT2D eigenvalue weighted by molar-refractivity contribution is 0.0693. The summed E-state index contributed by atoms with van der Waals surface area (Å²) in [6.07, 6.45) is 4.64. The van der Waals surface area contributed by atoms with Crippen LogP contribution >= 0.6 is 0 Å². The molecule has 148 valence electrons. The number of rotatable bonds is 4. The van der Waals surface area contributed by atoms with Crippen molar-refractivity contribution in [2.24, 2.45) is 11.3 Å². The van der Waals surface area contributed by atoms with E-state index in [2.05, 4.69) is 26.8 Å². The van der Waals surface area contributed by atoms with Crippen LogP contribution in [-0.2, 0) is 6.42 Å². The Kier molecular flexibility index (Phi) is 4.32. The standard InChI is InChI=1S/C22H26N2O4/c1-12-18(28-11-13-5-6-13)7-14-8-19(22(2,3)4)24-10-15(21(26)27)17(25)9-16(24)20(14)23-12/h7,9-10,13,19H,5-6,8,11H2,1-4H3,(H,26,27). The second-order valence-electron chi connectivity index (χ2n) is 9.07. The van der Waals surface area contributed by atoms with Gasteiger partial charge in [-0.05, 0) is 49.1 Å². The highest BCUT2D eigenvalue weighted by molar-refractivity contribution is 5.87. The van der Waals surface area contributed by atoms with E-state index in [-0.39, 0.29) is 17.0 Å². The molecular weight excluding hydrogens is 356 g/mol. The van der Waals surface area contributed by atoms with Gasteiger partial charge in [0.25, 0.3) is 0 Å². The normalized spacial score (nSPS) is 18.4. The molecule has 0 spiro atoms. The Morgan fingerprint density at radius 1 is 1.32 bits per heavy atom. The van der Waals surface area contributed by atoms with E-state index < -0.39 is 11.4 Å². The molecule has 3 heterocycles. The second-order valence-corrected chi connectivity index (χ2v) is 9.07. The molecule has 1 aliphatic heterocycles. The highest BCUT2D eigenvalue weighted by Crippen LogP contribution is 2.43. The van der Waals surface area contributed by atoms with Gasteiger partial charge in [0.05, 0.1) is 23.7 Å². The van der Waals surface area contributed by atoms with Gasteiger partial charge in [-0.2, -0.15) is 0 Å². The van der Waals surface area contributed by atoms with Crippen molar-refractivity contribution < 1.29 is 14.6 Å². The van der Waals surface area contributed by atoms with E-state index in [4.69, 9.17) is 9.72 Å². The number of ether oxygens (including phenoxy) is 1. The third-order valence-electron chi connectivity index (χ3n) is 5.72. The second kappa shape index (κ2) is 6.47. The van der Waals surface area contributed by atoms with Gasteiger partial charge in [-0.1, -0.05) is 20.8 Å². The Morgan fingerprint density at radius 2 is 2.04 bits per heavy atom. The Balaban J connectivity index is 1.86. The lowest BCUT2D eigenvalue weighted by Crippen LogP contribution is -2.33. The minimum Gasteiger partial charge on any atom is -0.491 e. The van der Waals surface area contributed by atoms with Crippen LogP contribution < -0.4 is 10.2 Å². The van der Waals surface area contributed by atoms with Gasteiger partial charge in [-0.3, -0.25) is 4.79 Å². The molecule has 0 amide bonds. The summed E-state index contributed by atoms with van der Waals surface area (Å²) in [7, 11) is 0. The van der Waals surface area contributed by atoms with Crippen LogP contribution in [0.25, 0.3) is 11.4 Å². The van der Waals surface area contributed by atoms with Gasteiger partial charge in [0.2, 0.25) is 0 Å². The van der Waals surface area contributed by atoms with Crippen molar-refractivity contribution in [2.45, 2.75) is 53.0 Å². The molecule has 1 atom stereocenters. The topological polar surface area (TPSA) is 81.4 Å². The van der Waals surface area contributed by atoms with Gasteiger partial charge in [-0.25, -0.2) is 9.78 Å². The Morgan fingerprint density at radius 3 is 2.64 bits per heavy atom. The van der Waals surface area contributed by atoms with E-state index in [9.17, 15) is 14.7 Å². The molecule has 1 N–H and O–H groups in total. The quantitative estimate of drug-likeness (QED) is 0.869. The van der Waals surface area contributed by atoms with Crippen LogP contribution in [0.15, 0.2) is 23.1 Å². The van der Waals surface area contributed by atoms with Crippen LogP contribution in [0, 0.1) is 18.3 Å². The summed E-state index contributed by atoms with van der Waals surface area (Å²) in [5.41, 5.74) is 2.42. The lowest BCUT2D eigenvalue weighted by Gasteiger charge is -2.38. The molecule has 1 saturated carbocycles. The first-order chi connectivity index (χ1) is 13.1.